The molecule has 6 nitrogen and oxygen atoms in total. The molecule has 0 spiro atoms. The van der Waals surface area contributed by atoms with Crippen LogP contribution in [0.3, 0.4) is 0 Å². The molecule has 0 aliphatic carbocycles. The van der Waals surface area contributed by atoms with E-state index < -0.39 is 11.9 Å². The maximum atomic E-state index is 12.4. The number of nitrogens with zero attached hydrogens (tertiary/aromatic N) is 1. The molecule has 1 amide bonds. The van der Waals surface area contributed by atoms with Crippen LogP contribution in [0.1, 0.15) is 12.5 Å². The van der Waals surface area contributed by atoms with E-state index in [9.17, 15) is 14.9 Å². The first-order valence-electron chi connectivity index (χ1n) is 7.58. The third-order valence-electron chi connectivity index (χ3n) is 3.28. The lowest BCUT2D eigenvalue weighted by atomic mass is 10.1. The molecule has 2 aromatic rings. The Labute approximate surface area is 173 Å². The third-order valence-corrected chi connectivity index (χ3v) is 4.39. The van der Waals surface area contributed by atoms with Crippen molar-refractivity contribution in [3.63, 3.8) is 0 Å². The molecule has 0 aliphatic heterocycles. The number of nitriles is 1. The smallest absolute Gasteiger partial charge is 0.308 e. The number of halogens is 2. The summed E-state index contributed by atoms with van der Waals surface area (Å²) < 4.78 is 11.7. The summed E-state index contributed by atoms with van der Waals surface area (Å²) >= 11 is 6.62. The van der Waals surface area contributed by atoms with Crippen molar-refractivity contribution in [2.75, 3.05) is 12.4 Å². The molecule has 0 saturated heterocycles. The van der Waals surface area contributed by atoms with Gasteiger partial charge in [0.1, 0.15) is 11.6 Å². The van der Waals surface area contributed by atoms with Crippen LogP contribution in [0.5, 0.6) is 11.5 Å². The maximum Gasteiger partial charge on any atom is 0.308 e. The maximum absolute atomic E-state index is 12.4. The summed E-state index contributed by atoms with van der Waals surface area (Å²) in [5, 5.41) is 12.0. The van der Waals surface area contributed by atoms with E-state index in [0.29, 0.717) is 15.7 Å². The molecular weight excluding hydrogens is 480 g/mol. The summed E-state index contributed by atoms with van der Waals surface area (Å²) in [5.41, 5.74) is 0.998. The number of carbonyl (C=O) groups excluding carboxylic acids is 2. The van der Waals surface area contributed by atoms with Crippen molar-refractivity contribution in [1.82, 2.24) is 0 Å². The molecule has 0 radical (unpaired) electrons. The molecule has 0 unspecified atom stereocenters. The van der Waals surface area contributed by atoms with Gasteiger partial charge in [0.25, 0.3) is 5.91 Å². The van der Waals surface area contributed by atoms with Gasteiger partial charge >= 0.3 is 5.97 Å². The zero-order chi connectivity index (χ0) is 20.0. The zero-order valence-corrected chi connectivity index (χ0v) is 17.5. The topological polar surface area (TPSA) is 88.4 Å². The number of rotatable bonds is 5. The van der Waals surface area contributed by atoms with E-state index in [1.807, 2.05) is 6.07 Å². The minimum Gasteiger partial charge on any atom is -0.493 e. The highest BCUT2D eigenvalue weighted by molar-refractivity contribution is 9.10. The van der Waals surface area contributed by atoms with Gasteiger partial charge in [0.15, 0.2) is 11.5 Å². The molecule has 2 rings (SSSR count). The van der Waals surface area contributed by atoms with Crippen LogP contribution < -0.4 is 14.8 Å². The van der Waals surface area contributed by atoms with Gasteiger partial charge in [0, 0.05) is 17.1 Å². The molecule has 27 heavy (non-hydrogen) atoms. The molecule has 0 aromatic heterocycles. The van der Waals surface area contributed by atoms with Gasteiger partial charge in [-0.05, 0) is 64.0 Å². The van der Waals surface area contributed by atoms with E-state index in [2.05, 4.69) is 37.2 Å². The predicted octanol–water partition coefficient (Wildman–Crippen LogP) is 4.69. The van der Waals surface area contributed by atoms with Crippen molar-refractivity contribution in [2.24, 2.45) is 0 Å². The van der Waals surface area contributed by atoms with Gasteiger partial charge in [-0.15, -0.1) is 0 Å². The van der Waals surface area contributed by atoms with Gasteiger partial charge in [-0.3, -0.25) is 9.59 Å². The molecule has 2 aromatic carbocycles. The Morgan fingerprint density at radius 2 is 1.85 bits per heavy atom. The number of hydrogen-bond acceptors (Lipinski definition) is 5. The summed E-state index contributed by atoms with van der Waals surface area (Å²) in [6.07, 6.45) is 1.42. The Morgan fingerprint density at radius 3 is 2.41 bits per heavy atom. The third kappa shape index (κ3) is 5.67. The Balaban J connectivity index is 2.32. The van der Waals surface area contributed by atoms with Crippen LogP contribution in [0.4, 0.5) is 5.69 Å². The Kier molecular flexibility index (Phi) is 7.16. The number of amides is 1. The summed E-state index contributed by atoms with van der Waals surface area (Å²) in [6, 6.07) is 12.0. The number of carbonyl (C=O) groups is 2. The second-order valence-corrected chi connectivity index (χ2v) is 7.03. The van der Waals surface area contributed by atoms with Gasteiger partial charge in [0.2, 0.25) is 0 Å². The molecule has 0 saturated carbocycles. The van der Waals surface area contributed by atoms with Gasteiger partial charge in [-0.1, -0.05) is 15.9 Å². The fourth-order valence-corrected chi connectivity index (χ4v) is 2.92. The van der Waals surface area contributed by atoms with Crippen LogP contribution in [0.25, 0.3) is 6.08 Å². The molecule has 0 atom stereocenters. The monoisotopic (exact) mass is 492 g/mol. The van der Waals surface area contributed by atoms with E-state index in [1.54, 1.807) is 36.4 Å². The Morgan fingerprint density at radius 1 is 1.19 bits per heavy atom. The predicted molar refractivity (Wildman–Crippen MR) is 108 cm³/mol. The van der Waals surface area contributed by atoms with Crippen molar-refractivity contribution in [1.29, 1.82) is 5.26 Å². The lowest BCUT2D eigenvalue weighted by Gasteiger charge is -2.11. The first-order valence-corrected chi connectivity index (χ1v) is 9.17. The molecular formula is C19H14Br2N2O4. The summed E-state index contributed by atoms with van der Waals surface area (Å²) in [6.45, 7) is 1.28. The SMILES string of the molecule is COc1cc(/C=C(/C#N)C(=O)Nc2ccc(Br)cc2)cc(Br)c1OC(C)=O. The van der Waals surface area contributed by atoms with E-state index in [4.69, 9.17) is 9.47 Å². The molecule has 8 heteroatoms. The van der Waals surface area contributed by atoms with Crippen LogP contribution >= 0.6 is 31.9 Å². The molecule has 138 valence electrons. The van der Waals surface area contributed by atoms with Crippen molar-refractivity contribution >= 4 is 55.5 Å². The normalized spacial score (nSPS) is 10.7. The van der Waals surface area contributed by atoms with Crippen LogP contribution in [-0.2, 0) is 9.59 Å². The van der Waals surface area contributed by atoms with Crippen molar-refractivity contribution < 1.29 is 19.1 Å². The largest absolute Gasteiger partial charge is 0.493 e. The fourth-order valence-electron chi connectivity index (χ4n) is 2.11. The van der Waals surface area contributed by atoms with Crippen molar-refractivity contribution in [2.45, 2.75) is 6.92 Å². The lowest BCUT2D eigenvalue weighted by molar-refractivity contribution is -0.132. The summed E-state index contributed by atoms with van der Waals surface area (Å²) in [7, 11) is 1.42. The number of nitrogens with one attached hydrogen (secondary N) is 1. The van der Waals surface area contributed by atoms with E-state index in [0.717, 1.165) is 4.47 Å². The quantitative estimate of drug-likeness (QED) is 0.282. The highest BCUT2D eigenvalue weighted by atomic mass is 79.9. The zero-order valence-electron chi connectivity index (χ0n) is 14.4. The Bertz CT molecular complexity index is 947. The summed E-state index contributed by atoms with van der Waals surface area (Å²) in [4.78, 5) is 23.6. The van der Waals surface area contributed by atoms with Crippen molar-refractivity contribution in [3.8, 4) is 17.6 Å². The molecule has 1 N–H and O–H groups in total. The number of methoxy groups -OCH3 is 1. The molecule has 0 heterocycles. The van der Waals surface area contributed by atoms with Crippen molar-refractivity contribution in [3.05, 3.63) is 56.5 Å². The first kappa shape index (κ1) is 20.7. The van der Waals surface area contributed by atoms with Crippen LogP contribution in [0.2, 0.25) is 0 Å². The minimum absolute atomic E-state index is 0.0906. The standard InChI is InChI=1S/C19H14Br2N2O4/c1-11(24)27-18-16(21)8-12(9-17(18)26-2)7-13(10-22)19(25)23-15-5-3-14(20)4-6-15/h3-9H,1-2H3,(H,23,25)/b13-7-. The summed E-state index contributed by atoms with van der Waals surface area (Å²) in [5.74, 6) is -0.528. The van der Waals surface area contributed by atoms with Gasteiger partial charge < -0.3 is 14.8 Å². The van der Waals surface area contributed by atoms with Crippen LogP contribution in [-0.4, -0.2) is 19.0 Å². The number of benzene rings is 2. The van der Waals surface area contributed by atoms with E-state index in [-0.39, 0.29) is 17.1 Å². The van der Waals surface area contributed by atoms with Gasteiger partial charge in [0.05, 0.1) is 11.6 Å². The molecule has 0 bridgehead atoms. The van der Waals surface area contributed by atoms with Crippen LogP contribution in [0.15, 0.2) is 50.9 Å². The second kappa shape index (κ2) is 9.35. The van der Waals surface area contributed by atoms with Crippen LogP contribution in [0, 0.1) is 11.3 Å². The number of ether oxygens (including phenoxy) is 2. The molecule has 0 aliphatic rings. The highest BCUT2D eigenvalue weighted by Gasteiger charge is 2.15. The van der Waals surface area contributed by atoms with Gasteiger partial charge in [-0.2, -0.15) is 5.26 Å². The number of hydrogen-bond donors (Lipinski definition) is 1. The molecule has 0 fully saturated rings. The van der Waals surface area contributed by atoms with E-state index >= 15 is 0 Å². The number of esters is 1. The average molecular weight is 494 g/mol. The second-order valence-electron chi connectivity index (χ2n) is 5.26. The average Bonchev–Trinajstić information content (AvgIpc) is 2.63. The first-order chi connectivity index (χ1) is 12.8. The minimum atomic E-state index is -0.543. The Hall–Kier alpha value is -2.63. The lowest BCUT2D eigenvalue weighted by Crippen LogP contribution is -2.13. The fraction of sp³-hybridized carbons (Fsp3) is 0.105. The van der Waals surface area contributed by atoms with Gasteiger partial charge in [-0.25, -0.2) is 0 Å². The highest BCUT2D eigenvalue weighted by Crippen LogP contribution is 2.37. The van der Waals surface area contributed by atoms with E-state index in [1.165, 1.54) is 20.1 Å². The number of anilines is 1.